The number of aryl methyl sites for hydroxylation is 2. The molecule has 6 nitrogen and oxygen atoms in total. The van der Waals surface area contributed by atoms with Gasteiger partial charge in [0.15, 0.2) is 11.4 Å². The molecule has 3 heterocycles. The number of carbonyl (C=O) groups is 1. The van der Waals surface area contributed by atoms with Gasteiger partial charge in [0, 0.05) is 17.0 Å². The van der Waals surface area contributed by atoms with Crippen LogP contribution in [0.25, 0.3) is 11.0 Å². The van der Waals surface area contributed by atoms with Crippen LogP contribution in [0.15, 0.2) is 16.0 Å². The fraction of sp³-hybridized carbons (Fsp3) is 0.400. The van der Waals surface area contributed by atoms with E-state index in [0.717, 1.165) is 16.6 Å². The first kappa shape index (κ1) is 20.7. The number of thiazole rings is 1. The van der Waals surface area contributed by atoms with Crippen molar-refractivity contribution in [2.75, 3.05) is 13.1 Å². The van der Waals surface area contributed by atoms with Crippen LogP contribution in [-0.2, 0) is 6.61 Å². The van der Waals surface area contributed by atoms with Crippen LogP contribution in [0.3, 0.4) is 0 Å². The third kappa shape index (κ3) is 3.43. The van der Waals surface area contributed by atoms with E-state index in [9.17, 15) is 18.0 Å². The van der Waals surface area contributed by atoms with Crippen LogP contribution in [0, 0.1) is 19.7 Å². The van der Waals surface area contributed by atoms with Crippen LogP contribution < -0.4 is 15.8 Å². The Labute approximate surface area is 174 Å². The molecule has 1 fully saturated rings. The van der Waals surface area contributed by atoms with E-state index >= 15 is 0 Å². The molecule has 10 heteroatoms. The SMILES string of the molecule is Cc1ncsc1COc1cc(F)c2oc(C)c(C(N)=O)c2c1C1CCNCC1(F)F. The summed E-state index contributed by atoms with van der Waals surface area (Å²) in [4.78, 5) is 17.0. The summed E-state index contributed by atoms with van der Waals surface area (Å²) in [5, 5.41) is 2.63. The first-order valence-electron chi connectivity index (χ1n) is 9.36. The number of carbonyl (C=O) groups excluding carboxylic acids is 1. The summed E-state index contributed by atoms with van der Waals surface area (Å²) >= 11 is 1.35. The topological polar surface area (TPSA) is 90.4 Å². The van der Waals surface area contributed by atoms with Crippen molar-refractivity contribution in [2.24, 2.45) is 5.73 Å². The van der Waals surface area contributed by atoms with Gasteiger partial charge in [-0.3, -0.25) is 4.79 Å². The number of alkyl halides is 2. The van der Waals surface area contributed by atoms with Gasteiger partial charge in [-0.05, 0) is 26.8 Å². The molecule has 4 rings (SSSR count). The number of benzene rings is 1. The molecule has 2 aromatic heterocycles. The van der Waals surface area contributed by atoms with Crippen molar-refractivity contribution in [3.05, 3.63) is 44.9 Å². The van der Waals surface area contributed by atoms with Crippen LogP contribution >= 0.6 is 11.3 Å². The number of furan rings is 1. The van der Waals surface area contributed by atoms with E-state index in [1.165, 1.54) is 18.3 Å². The number of nitrogens with two attached hydrogens (primary N) is 1. The number of primary amides is 1. The zero-order valence-electron chi connectivity index (χ0n) is 16.4. The number of nitrogens with zero attached hydrogens (tertiary/aromatic N) is 1. The van der Waals surface area contributed by atoms with Gasteiger partial charge in [0.05, 0.1) is 34.1 Å². The second-order valence-corrected chi connectivity index (χ2v) is 8.24. The first-order valence-corrected chi connectivity index (χ1v) is 10.2. The Hall–Kier alpha value is -2.59. The Morgan fingerprint density at radius 1 is 1.47 bits per heavy atom. The molecular weight excluding hydrogens is 419 g/mol. The van der Waals surface area contributed by atoms with Crippen molar-refractivity contribution in [1.82, 2.24) is 10.3 Å². The number of piperidine rings is 1. The predicted octanol–water partition coefficient (Wildman–Crippen LogP) is 4.04. The van der Waals surface area contributed by atoms with Gasteiger partial charge in [0.2, 0.25) is 0 Å². The highest BCUT2D eigenvalue weighted by molar-refractivity contribution is 7.09. The van der Waals surface area contributed by atoms with Gasteiger partial charge >= 0.3 is 0 Å². The maximum atomic E-state index is 14.9. The van der Waals surface area contributed by atoms with Crippen molar-refractivity contribution in [1.29, 1.82) is 0 Å². The average Bonchev–Trinajstić information content (AvgIpc) is 3.23. The van der Waals surface area contributed by atoms with E-state index in [1.54, 1.807) is 12.4 Å². The Balaban J connectivity index is 1.94. The summed E-state index contributed by atoms with van der Waals surface area (Å²) in [5.74, 6) is -6.10. The lowest BCUT2D eigenvalue weighted by Gasteiger charge is -2.33. The van der Waals surface area contributed by atoms with E-state index in [-0.39, 0.29) is 46.6 Å². The van der Waals surface area contributed by atoms with Crippen LogP contribution in [0.1, 0.15) is 44.6 Å². The predicted molar refractivity (Wildman–Crippen MR) is 106 cm³/mol. The summed E-state index contributed by atoms with van der Waals surface area (Å²) in [6, 6.07) is 1.04. The highest BCUT2D eigenvalue weighted by Gasteiger charge is 2.45. The lowest BCUT2D eigenvalue weighted by molar-refractivity contribution is -0.0423. The van der Waals surface area contributed by atoms with Crippen molar-refractivity contribution in [3.63, 3.8) is 0 Å². The van der Waals surface area contributed by atoms with E-state index in [4.69, 9.17) is 14.9 Å². The maximum absolute atomic E-state index is 14.9. The molecule has 160 valence electrons. The summed E-state index contributed by atoms with van der Waals surface area (Å²) in [6.45, 7) is 3.09. The highest BCUT2D eigenvalue weighted by Crippen LogP contribution is 2.47. The molecule has 0 radical (unpaired) electrons. The number of halogens is 3. The molecule has 1 aromatic carbocycles. The summed E-state index contributed by atoms with van der Waals surface area (Å²) in [6.07, 6.45) is 0.0755. The largest absolute Gasteiger partial charge is 0.488 e. The lowest BCUT2D eigenvalue weighted by atomic mass is 9.83. The number of fused-ring (bicyclic) bond motifs is 1. The Bertz CT molecular complexity index is 1130. The van der Waals surface area contributed by atoms with Gasteiger partial charge in [-0.1, -0.05) is 0 Å². The van der Waals surface area contributed by atoms with Crippen molar-refractivity contribution in [2.45, 2.75) is 38.7 Å². The van der Waals surface area contributed by atoms with Gasteiger partial charge in [-0.2, -0.15) is 0 Å². The molecule has 1 saturated heterocycles. The molecular formula is C20H20F3N3O3S. The first-order chi connectivity index (χ1) is 14.2. The number of hydrogen-bond acceptors (Lipinski definition) is 6. The number of aromatic nitrogens is 1. The second-order valence-electron chi connectivity index (χ2n) is 7.30. The van der Waals surface area contributed by atoms with Crippen molar-refractivity contribution >= 4 is 28.2 Å². The zero-order valence-corrected chi connectivity index (χ0v) is 17.2. The number of hydrogen-bond donors (Lipinski definition) is 2. The number of amides is 1. The summed E-state index contributed by atoms with van der Waals surface area (Å²) in [5.41, 5.74) is 7.55. The minimum absolute atomic E-state index is 0.0354. The van der Waals surface area contributed by atoms with E-state index in [1.807, 2.05) is 0 Å². The van der Waals surface area contributed by atoms with E-state index < -0.39 is 30.1 Å². The van der Waals surface area contributed by atoms with Crippen LogP contribution in [0.4, 0.5) is 13.2 Å². The quantitative estimate of drug-likeness (QED) is 0.626. The minimum Gasteiger partial charge on any atom is -0.488 e. The molecule has 1 unspecified atom stereocenters. The Morgan fingerprint density at radius 3 is 2.87 bits per heavy atom. The molecule has 30 heavy (non-hydrogen) atoms. The third-order valence-electron chi connectivity index (χ3n) is 5.37. The zero-order chi connectivity index (χ0) is 21.6. The average molecular weight is 439 g/mol. The van der Waals surface area contributed by atoms with Gasteiger partial charge in [-0.25, -0.2) is 18.2 Å². The monoisotopic (exact) mass is 439 g/mol. The van der Waals surface area contributed by atoms with E-state index in [2.05, 4.69) is 10.3 Å². The molecule has 3 N–H and O–H groups in total. The van der Waals surface area contributed by atoms with Crippen LogP contribution in [0.2, 0.25) is 0 Å². The Morgan fingerprint density at radius 2 is 2.23 bits per heavy atom. The van der Waals surface area contributed by atoms with Gasteiger partial charge in [-0.15, -0.1) is 11.3 Å². The molecule has 1 amide bonds. The van der Waals surface area contributed by atoms with Gasteiger partial charge < -0.3 is 20.2 Å². The molecule has 1 atom stereocenters. The molecule has 3 aromatic rings. The molecule has 0 saturated carbocycles. The van der Waals surface area contributed by atoms with Crippen molar-refractivity contribution < 1.29 is 27.1 Å². The minimum atomic E-state index is -3.14. The van der Waals surface area contributed by atoms with Gasteiger partial charge in [0.25, 0.3) is 11.8 Å². The van der Waals surface area contributed by atoms with E-state index in [0.29, 0.717) is 6.54 Å². The fourth-order valence-corrected chi connectivity index (χ4v) is 4.60. The van der Waals surface area contributed by atoms with Crippen LogP contribution in [0.5, 0.6) is 5.75 Å². The smallest absolute Gasteiger partial charge is 0.267 e. The standard InChI is InChI=1S/C20H20F3N3O3S/c1-9-14(30-8-26-9)6-28-13-5-12(21)18-17(15(19(24)27)10(2)29-18)16(13)11-3-4-25-7-20(11,22)23/h5,8,11,25H,3-4,6-7H2,1-2H3,(H2,24,27). The molecule has 1 aliphatic rings. The third-order valence-corrected chi connectivity index (χ3v) is 6.28. The Kier molecular flexibility index (Phi) is 5.23. The molecule has 0 aliphatic carbocycles. The number of ether oxygens (including phenoxy) is 1. The molecule has 0 spiro atoms. The maximum Gasteiger partial charge on any atom is 0.267 e. The van der Waals surface area contributed by atoms with Crippen LogP contribution in [-0.4, -0.2) is 29.9 Å². The molecule has 0 bridgehead atoms. The highest BCUT2D eigenvalue weighted by atomic mass is 32.1. The molecule has 1 aliphatic heterocycles. The second kappa shape index (κ2) is 7.59. The summed E-state index contributed by atoms with van der Waals surface area (Å²) < 4.78 is 55.9. The summed E-state index contributed by atoms with van der Waals surface area (Å²) in [7, 11) is 0. The number of rotatable bonds is 5. The normalized spacial score (nSPS) is 18.6. The van der Waals surface area contributed by atoms with Gasteiger partial charge in [0.1, 0.15) is 18.1 Å². The lowest BCUT2D eigenvalue weighted by Crippen LogP contribution is -2.44. The van der Waals surface area contributed by atoms with Crippen molar-refractivity contribution in [3.8, 4) is 5.75 Å². The number of nitrogens with one attached hydrogen (secondary N) is 1. The fourth-order valence-electron chi connectivity index (χ4n) is 3.91.